The van der Waals surface area contributed by atoms with Gasteiger partial charge in [0.25, 0.3) is 0 Å². The van der Waals surface area contributed by atoms with E-state index in [2.05, 4.69) is 27.3 Å². The lowest BCUT2D eigenvalue weighted by atomic mass is 9.98. The zero-order valence-electron chi connectivity index (χ0n) is 11.1. The number of halogens is 2. The number of rotatable bonds is 7. The van der Waals surface area contributed by atoms with Gasteiger partial charge < -0.3 is 0 Å². The minimum absolute atomic E-state index is 0.0479. The van der Waals surface area contributed by atoms with Gasteiger partial charge in [0.05, 0.1) is 5.75 Å². The Bertz CT molecular complexity index is 500. The fourth-order valence-corrected chi connectivity index (χ4v) is 3.22. The van der Waals surface area contributed by atoms with Crippen molar-refractivity contribution in [2.24, 2.45) is 0 Å². The van der Waals surface area contributed by atoms with Gasteiger partial charge in [-0.1, -0.05) is 25.5 Å². The molecule has 1 aromatic carbocycles. The molecule has 3 nitrogen and oxygen atoms in total. The van der Waals surface area contributed by atoms with Gasteiger partial charge in [0.1, 0.15) is 5.67 Å². The highest BCUT2D eigenvalue weighted by molar-refractivity contribution is 14.1. The second kappa shape index (κ2) is 6.99. The smallest absolute Gasteiger partial charge is 0.211 e. The number of hydrogen-bond donors (Lipinski definition) is 1. The molecule has 0 bridgehead atoms. The lowest BCUT2D eigenvalue weighted by Crippen LogP contribution is -2.37. The first-order valence-electron chi connectivity index (χ1n) is 6.19. The minimum Gasteiger partial charge on any atom is -0.238 e. The van der Waals surface area contributed by atoms with Crippen molar-refractivity contribution < 1.29 is 12.8 Å². The van der Waals surface area contributed by atoms with Crippen molar-refractivity contribution in [1.29, 1.82) is 0 Å². The predicted octanol–water partition coefficient (Wildman–Crippen LogP) is 3.20. The molecule has 0 saturated carbocycles. The highest BCUT2D eigenvalue weighted by Gasteiger charge is 2.27. The summed E-state index contributed by atoms with van der Waals surface area (Å²) >= 11 is 2.14. The summed E-state index contributed by atoms with van der Waals surface area (Å²) in [5.41, 5.74) is -1.23. The Morgan fingerprint density at radius 3 is 2.42 bits per heavy atom. The fourth-order valence-electron chi connectivity index (χ4n) is 1.55. The van der Waals surface area contributed by atoms with Gasteiger partial charge in [0.2, 0.25) is 10.0 Å². The molecule has 0 amide bonds. The topological polar surface area (TPSA) is 46.2 Å². The molecule has 0 aromatic heterocycles. The molecule has 0 aliphatic rings. The Morgan fingerprint density at radius 2 is 1.89 bits per heavy atom. The maximum atomic E-state index is 14.5. The SMILES string of the molecule is CCCCS(=O)(=O)NCC(C)(F)c1ccc(I)cc1. The van der Waals surface area contributed by atoms with Crippen molar-refractivity contribution in [3.05, 3.63) is 33.4 Å². The average Bonchev–Trinajstić information content (AvgIpc) is 2.35. The van der Waals surface area contributed by atoms with E-state index in [0.717, 1.165) is 9.99 Å². The summed E-state index contributed by atoms with van der Waals surface area (Å²) in [7, 11) is -3.38. The third-order valence-corrected chi connectivity index (χ3v) is 4.97. The fraction of sp³-hybridized carbons (Fsp3) is 0.538. The number of alkyl halides is 1. The van der Waals surface area contributed by atoms with E-state index in [9.17, 15) is 12.8 Å². The normalized spacial score (nSPS) is 15.2. The summed E-state index contributed by atoms with van der Waals surface area (Å²) in [6, 6.07) is 6.98. The van der Waals surface area contributed by atoms with Crippen LogP contribution in [0.2, 0.25) is 0 Å². The maximum absolute atomic E-state index is 14.5. The van der Waals surface area contributed by atoms with Crippen LogP contribution in [0.25, 0.3) is 0 Å². The highest BCUT2D eigenvalue weighted by Crippen LogP contribution is 2.25. The van der Waals surface area contributed by atoms with Crippen LogP contribution in [0, 0.1) is 3.57 Å². The van der Waals surface area contributed by atoms with E-state index in [1.807, 2.05) is 6.92 Å². The number of unbranched alkanes of at least 4 members (excludes halogenated alkanes) is 1. The summed E-state index contributed by atoms with van der Waals surface area (Å²) in [4.78, 5) is 0. The molecule has 19 heavy (non-hydrogen) atoms. The van der Waals surface area contributed by atoms with E-state index in [1.54, 1.807) is 24.3 Å². The molecule has 108 valence electrons. The van der Waals surface area contributed by atoms with Gasteiger partial charge >= 0.3 is 0 Å². The van der Waals surface area contributed by atoms with Gasteiger partial charge in [-0.2, -0.15) is 0 Å². The molecule has 6 heteroatoms. The molecule has 1 aromatic rings. The third kappa shape index (κ3) is 5.74. The monoisotopic (exact) mass is 399 g/mol. The third-order valence-electron chi connectivity index (χ3n) is 2.84. The molecule has 0 spiro atoms. The van der Waals surface area contributed by atoms with Crippen molar-refractivity contribution in [2.75, 3.05) is 12.3 Å². The lowest BCUT2D eigenvalue weighted by Gasteiger charge is -2.21. The minimum atomic E-state index is -3.38. The van der Waals surface area contributed by atoms with Gasteiger partial charge in [-0.15, -0.1) is 0 Å². The van der Waals surface area contributed by atoms with Gasteiger partial charge in [-0.25, -0.2) is 17.5 Å². The largest absolute Gasteiger partial charge is 0.238 e. The first kappa shape index (κ1) is 16.8. The number of benzene rings is 1. The number of nitrogens with one attached hydrogen (secondary N) is 1. The van der Waals surface area contributed by atoms with E-state index in [0.29, 0.717) is 12.0 Å². The molecule has 0 fully saturated rings. The van der Waals surface area contributed by atoms with Gasteiger partial charge in [0.15, 0.2) is 0 Å². The molecule has 1 unspecified atom stereocenters. The second-order valence-electron chi connectivity index (χ2n) is 4.70. The van der Waals surface area contributed by atoms with Crippen LogP contribution in [0.5, 0.6) is 0 Å². The van der Waals surface area contributed by atoms with Crippen molar-refractivity contribution in [1.82, 2.24) is 4.72 Å². The quantitative estimate of drug-likeness (QED) is 0.716. The number of hydrogen-bond acceptors (Lipinski definition) is 2. The molecule has 1 rings (SSSR count). The zero-order chi connectivity index (χ0) is 14.5. The maximum Gasteiger partial charge on any atom is 0.211 e. The van der Waals surface area contributed by atoms with Crippen LogP contribution >= 0.6 is 22.6 Å². The van der Waals surface area contributed by atoms with Crippen molar-refractivity contribution in [3.63, 3.8) is 0 Å². The summed E-state index contributed by atoms with van der Waals surface area (Å²) < 4.78 is 41.1. The molecular formula is C13H19FINO2S. The molecule has 0 heterocycles. The van der Waals surface area contributed by atoms with Crippen LogP contribution in [0.4, 0.5) is 4.39 Å². The summed E-state index contributed by atoms with van der Waals surface area (Å²) in [5.74, 6) is 0.0479. The van der Waals surface area contributed by atoms with E-state index in [4.69, 9.17) is 0 Å². The first-order valence-corrected chi connectivity index (χ1v) is 8.92. The van der Waals surface area contributed by atoms with Gasteiger partial charge in [0, 0.05) is 10.1 Å². The van der Waals surface area contributed by atoms with Crippen LogP contribution in [0.3, 0.4) is 0 Å². The lowest BCUT2D eigenvalue weighted by molar-refractivity contribution is 0.196. The summed E-state index contributed by atoms with van der Waals surface area (Å²) in [6.45, 7) is 3.07. The average molecular weight is 399 g/mol. The van der Waals surface area contributed by atoms with Crippen LogP contribution < -0.4 is 4.72 Å². The van der Waals surface area contributed by atoms with Gasteiger partial charge in [-0.3, -0.25) is 0 Å². The molecule has 1 atom stereocenters. The Morgan fingerprint density at radius 1 is 1.32 bits per heavy atom. The zero-order valence-corrected chi connectivity index (χ0v) is 14.1. The van der Waals surface area contributed by atoms with Crippen LogP contribution in [0.1, 0.15) is 32.3 Å². The Hall–Kier alpha value is -0.210. The van der Waals surface area contributed by atoms with E-state index in [-0.39, 0.29) is 12.3 Å². The van der Waals surface area contributed by atoms with E-state index >= 15 is 0 Å². The standard InChI is InChI=1S/C13H19FINO2S/c1-3-4-9-19(17,18)16-10-13(2,14)11-5-7-12(15)8-6-11/h5-8,16H,3-4,9-10H2,1-2H3. The Labute approximate surface area is 128 Å². The Balaban J connectivity index is 2.67. The van der Waals surface area contributed by atoms with Gasteiger partial charge in [-0.05, 0) is 53.6 Å². The van der Waals surface area contributed by atoms with E-state index < -0.39 is 15.7 Å². The summed E-state index contributed by atoms with van der Waals surface area (Å²) in [5, 5.41) is 0. The van der Waals surface area contributed by atoms with E-state index in [1.165, 1.54) is 6.92 Å². The molecular weight excluding hydrogens is 380 g/mol. The Kier molecular flexibility index (Phi) is 6.19. The van der Waals surface area contributed by atoms with Crippen LogP contribution in [-0.4, -0.2) is 20.7 Å². The summed E-state index contributed by atoms with van der Waals surface area (Å²) in [6.07, 6.45) is 1.38. The molecule has 0 aliphatic carbocycles. The van der Waals surface area contributed by atoms with Crippen LogP contribution in [0.15, 0.2) is 24.3 Å². The highest BCUT2D eigenvalue weighted by atomic mass is 127. The molecule has 0 aliphatic heterocycles. The van der Waals surface area contributed by atoms with Crippen LogP contribution in [-0.2, 0) is 15.7 Å². The molecule has 0 radical (unpaired) electrons. The molecule has 0 saturated heterocycles. The predicted molar refractivity (Wildman–Crippen MR) is 84.3 cm³/mol. The van der Waals surface area contributed by atoms with Crippen molar-refractivity contribution in [2.45, 2.75) is 32.4 Å². The van der Waals surface area contributed by atoms with Crippen molar-refractivity contribution in [3.8, 4) is 0 Å². The van der Waals surface area contributed by atoms with Crippen molar-refractivity contribution >= 4 is 32.6 Å². The molecule has 1 N–H and O–H groups in total. The first-order chi connectivity index (χ1) is 8.77. The second-order valence-corrected chi connectivity index (χ2v) is 7.87. The number of sulfonamides is 1.